The normalized spacial score (nSPS) is 10.3. The molecule has 6 heteroatoms. The second kappa shape index (κ2) is 5.77. The van der Waals surface area contributed by atoms with Crippen molar-refractivity contribution in [3.8, 4) is 5.75 Å². The van der Waals surface area contributed by atoms with Crippen LogP contribution >= 0.6 is 11.6 Å². The zero-order chi connectivity index (χ0) is 13.8. The minimum Gasteiger partial charge on any atom is -0.485 e. The summed E-state index contributed by atoms with van der Waals surface area (Å²) in [4.78, 5) is 11.2. The van der Waals surface area contributed by atoms with E-state index in [1.165, 1.54) is 6.26 Å². The predicted octanol–water partition coefficient (Wildman–Crippen LogP) is 2.42. The second-order valence-electron chi connectivity index (χ2n) is 3.97. The molecule has 0 atom stereocenters. The maximum atomic E-state index is 11.2. The number of amides is 1. The Morgan fingerprint density at radius 2 is 2.26 bits per heavy atom. The highest BCUT2D eigenvalue weighted by atomic mass is 35.5. The van der Waals surface area contributed by atoms with Crippen molar-refractivity contribution in [2.75, 3.05) is 0 Å². The monoisotopic (exact) mass is 280 g/mol. The largest absolute Gasteiger partial charge is 0.485 e. The summed E-state index contributed by atoms with van der Waals surface area (Å²) in [5.74, 6) is 5.87. The number of carbonyl (C=O) groups excluding carboxylic acids is 1. The first-order valence-electron chi connectivity index (χ1n) is 5.57. The summed E-state index contributed by atoms with van der Waals surface area (Å²) >= 11 is 5.86. The van der Waals surface area contributed by atoms with Gasteiger partial charge in [0, 0.05) is 5.02 Å². The van der Waals surface area contributed by atoms with Crippen LogP contribution in [0, 0.1) is 6.92 Å². The first-order chi connectivity index (χ1) is 9.10. The van der Waals surface area contributed by atoms with Gasteiger partial charge in [-0.15, -0.1) is 0 Å². The number of nitrogens with two attached hydrogens (primary N) is 1. The molecule has 0 fully saturated rings. The van der Waals surface area contributed by atoms with Crippen LogP contribution in [0.15, 0.2) is 34.9 Å². The third kappa shape index (κ3) is 3.27. The molecule has 0 aliphatic carbocycles. The fourth-order valence-electron chi connectivity index (χ4n) is 1.58. The van der Waals surface area contributed by atoms with E-state index in [0.717, 1.165) is 5.56 Å². The number of carbonyl (C=O) groups is 1. The Morgan fingerprint density at radius 3 is 2.95 bits per heavy atom. The minimum absolute atomic E-state index is 0.223. The molecule has 1 aromatic heterocycles. The Bertz CT molecular complexity index is 595. The van der Waals surface area contributed by atoms with Crippen LogP contribution in [0.1, 0.15) is 21.7 Å². The number of hydrogen-bond acceptors (Lipinski definition) is 4. The fraction of sp³-hybridized carbons (Fsp3) is 0.154. The number of hydrogen-bond donors (Lipinski definition) is 2. The molecule has 0 saturated carbocycles. The van der Waals surface area contributed by atoms with Gasteiger partial charge in [-0.05, 0) is 36.8 Å². The maximum Gasteiger partial charge on any atom is 0.268 e. The van der Waals surface area contributed by atoms with Crippen LogP contribution < -0.4 is 16.0 Å². The maximum absolute atomic E-state index is 11.2. The summed E-state index contributed by atoms with van der Waals surface area (Å²) < 4.78 is 10.8. The SMILES string of the molecule is Cc1cc(Cl)ccc1OCc1cc(C(=O)NN)co1. The molecule has 5 nitrogen and oxygen atoms in total. The summed E-state index contributed by atoms with van der Waals surface area (Å²) in [5.41, 5.74) is 3.31. The Balaban J connectivity index is 2.02. The zero-order valence-corrected chi connectivity index (χ0v) is 11.0. The Labute approximate surface area is 115 Å². The predicted molar refractivity (Wildman–Crippen MR) is 70.9 cm³/mol. The van der Waals surface area contributed by atoms with Crippen molar-refractivity contribution in [3.63, 3.8) is 0 Å². The molecule has 1 aromatic carbocycles. The molecular weight excluding hydrogens is 268 g/mol. The average Bonchev–Trinajstić information content (AvgIpc) is 2.85. The van der Waals surface area contributed by atoms with Crippen molar-refractivity contribution in [1.82, 2.24) is 5.43 Å². The number of rotatable bonds is 4. The van der Waals surface area contributed by atoms with E-state index < -0.39 is 5.91 Å². The number of aryl methyl sites for hydroxylation is 1. The summed E-state index contributed by atoms with van der Waals surface area (Å²) in [6, 6.07) is 6.92. The van der Waals surface area contributed by atoms with Crippen LogP contribution in [0.2, 0.25) is 5.02 Å². The number of furan rings is 1. The van der Waals surface area contributed by atoms with Gasteiger partial charge in [0.15, 0.2) is 0 Å². The summed E-state index contributed by atoms with van der Waals surface area (Å²) in [7, 11) is 0. The second-order valence-corrected chi connectivity index (χ2v) is 4.41. The number of benzene rings is 1. The quantitative estimate of drug-likeness (QED) is 0.512. The molecule has 0 spiro atoms. The molecule has 0 unspecified atom stereocenters. The summed E-state index contributed by atoms with van der Waals surface area (Å²) in [6.45, 7) is 2.12. The van der Waals surface area contributed by atoms with Crippen molar-refractivity contribution < 1.29 is 13.9 Å². The average molecular weight is 281 g/mol. The van der Waals surface area contributed by atoms with Gasteiger partial charge in [-0.3, -0.25) is 10.2 Å². The van der Waals surface area contributed by atoms with Crippen molar-refractivity contribution in [2.45, 2.75) is 13.5 Å². The Kier molecular flexibility index (Phi) is 4.09. The lowest BCUT2D eigenvalue weighted by atomic mass is 10.2. The topological polar surface area (TPSA) is 77.5 Å². The molecule has 0 saturated heterocycles. The number of nitrogens with one attached hydrogen (secondary N) is 1. The molecule has 0 aliphatic rings. The van der Waals surface area contributed by atoms with E-state index in [0.29, 0.717) is 22.1 Å². The van der Waals surface area contributed by atoms with Gasteiger partial charge in [-0.2, -0.15) is 0 Å². The van der Waals surface area contributed by atoms with Crippen molar-refractivity contribution in [3.05, 3.63) is 52.4 Å². The molecule has 1 heterocycles. The van der Waals surface area contributed by atoms with Gasteiger partial charge < -0.3 is 9.15 Å². The van der Waals surface area contributed by atoms with Crippen LogP contribution in [-0.4, -0.2) is 5.91 Å². The lowest BCUT2D eigenvalue weighted by Gasteiger charge is -2.07. The molecule has 19 heavy (non-hydrogen) atoms. The van der Waals surface area contributed by atoms with E-state index in [1.807, 2.05) is 18.4 Å². The summed E-state index contributed by atoms with van der Waals surface area (Å²) in [5, 5.41) is 0.657. The van der Waals surface area contributed by atoms with Gasteiger partial charge in [-0.1, -0.05) is 11.6 Å². The van der Waals surface area contributed by atoms with E-state index in [2.05, 4.69) is 0 Å². The van der Waals surface area contributed by atoms with Gasteiger partial charge in [0.25, 0.3) is 5.91 Å². The van der Waals surface area contributed by atoms with E-state index in [4.69, 9.17) is 26.6 Å². The minimum atomic E-state index is -0.405. The molecule has 0 bridgehead atoms. The van der Waals surface area contributed by atoms with Crippen LogP contribution in [0.3, 0.4) is 0 Å². The number of hydrazine groups is 1. The van der Waals surface area contributed by atoms with Crippen LogP contribution in [-0.2, 0) is 6.61 Å². The standard InChI is InChI=1S/C13H13ClN2O3/c1-8-4-10(14)2-3-12(8)19-7-11-5-9(6-18-11)13(17)16-15/h2-6H,7,15H2,1H3,(H,16,17). The molecular formula is C13H13ClN2O3. The molecule has 2 aromatic rings. The van der Waals surface area contributed by atoms with Crippen molar-refractivity contribution >= 4 is 17.5 Å². The smallest absolute Gasteiger partial charge is 0.268 e. The van der Waals surface area contributed by atoms with Gasteiger partial charge in [-0.25, -0.2) is 5.84 Å². The third-order valence-corrected chi connectivity index (χ3v) is 2.79. The molecule has 1 amide bonds. The molecule has 3 N–H and O–H groups in total. The van der Waals surface area contributed by atoms with Gasteiger partial charge in [0.05, 0.1) is 5.56 Å². The zero-order valence-electron chi connectivity index (χ0n) is 10.3. The third-order valence-electron chi connectivity index (χ3n) is 2.55. The highest BCUT2D eigenvalue weighted by Gasteiger charge is 2.09. The first kappa shape index (κ1) is 13.5. The van der Waals surface area contributed by atoms with Crippen LogP contribution in [0.5, 0.6) is 5.75 Å². The van der Waals surface area contributed by atoms with E-state index in [9.17, 15) is 4.79 Å². The van der Waals surface area contributed by atoms with Crippen LogP contribution in [0.25, 0.3) is 0 Å². The number of nitrogen functional groups attached to an aromatic ring is 1. The van der Waals surface area contributed by atoms with Gasteiger partial charge in [0.1, 0.15) is 24.4 Å². The molecule has 0 radical (unpaired) electrons. The van der Waals surface area contributed by atoms with E-state index in [-0.39, 0.29) is 6.61 Å². The van der Waals surface area contributed by atoms with Gasteiger partial charge in [0.2, 0.25) is 0 Å². The molecule has 100 valence electrons. The number of halogens is 1. The molecule has 0 aliphatic heterocycles. The highest BCUT2D eigenvalue weighted by Crippen LogP contribution is 2.23. The van der Waals surface area contributed by atoms with Gasteiger partial charge >= 0.3 is 0 Å². The lowest BCUT2D eigenvalue weighted by molar-refractivity contribution is 0.0953. The summed E-state index contributed by atoms with van der Waals surface area (Å²) in [6.07, 6.45) is 1.33. The van der Waals surface area contributed by atoms with E-state index >= 15 is 0 Å². The Morgan fingerprint density at radius 1 is 1.47 bits per heavy atom. The van der Waals surface area contributed by atoms with E-state index in [1.54, 1.807) is 18.2 Å². The first-order valence-corrected chi connectivity index (χ1v) is 5.95. The molecule has 2 rings (SSSR count). The number of ether oxygens (including phenoxy) is 1. The highest BCUT2D eigenvalue weighted by molar-refractivity contribution is 6.30. The van der Waals surface area contributed by atoms with Crippen molar-refractivity contribution in [1.29, 1.82) is 0 Å². The lowest BCUT2D eigenvalue weighted by Crippen LogP contribution is -2.29. The van der Waals surface area contributed by atoms with Crippen LogP contribution in [0.4, 0.5) is 0 Å². The fourth-order valence-corrected chi connectivity index (χ4v) is 1.81. The van der Waals surface area contributed by atoms with Crippen molar-refractivity contribution in [2.24, 2.45) is 5.84 Å². The Hall–Kier alpha value is -1.98.